The number of nitrogens with one attached hydrogen (secondary N) is 1. The number of imidazole rings is 1. The summed E-state index contributed by atoms with van der Waals surface area (Å²) in [7, 11) is 0. The molecule has 1 aromatic heterocycles. The van der Waals surface area contributed by atoms with Crippen LogP contribution in [-0.2, 0) is 0 Å². The molecule has 5 heteroatoms. The molecule has 1 atom stereocenters. The van der Waals surface area contributed by atoms with Gasteiger partial charge in [0.15, 0.2) is 0 Å². The second-order valence-electron chi connectivity index (χ2n) is 7.37. The monoisotopic (exact) mass is 375 g/mol. The normalized spacial score (nSPS) is 16.8. The molecule has 5 nitrogen and oxygen atoms in total. The maximum absolute atomic E-state index is 13.2. The highest BCUT2D eigenvalue weighted by Crippen LogP contribution is 2.25. The van der Waals surface area contributed by atoms with E-state index in [2.05, 4.69) is 29.0 Å². The van der Waals surface area contributed by atoms with Crippen molar-refractivity contribution in [3.63, 3.8) is 0 Å². The maximum Gasteiger partial charge on any atom is 0.254 e. The molecule has 1 amide bonds. The molecule has 0 bridgehead atoms. The van der Waals surface area contributed by atoms with E-state index in [4.69, 9.17) is 4.74 Å². The summed E-state index contributed by atoms with van der Waals surface area (Å²) in [5.41, 5.74) is 2.75. The van der Waals surface area contributed by atoms with E-state index in [1.54, 1.807) is 12.4 Å². The van der Waals surface area contributed by atoms with Crippen LogP contribution in [0.2, 0.25) is 0 Å². The topological polar surface area (TPSA) is 58.2 Å². The molecular formula is C23H25N3O2. The Morgan fingerprint density at radius 1 is 1.21 bits per heavy atom. The van der Waals surface area contributed by atoms with Crippen LogP contribution < -0.4 is 4.74 Å². The Balaban J connectivity index is 1.43. The predicted molar refractivity (Wildman–Crippen MR) is 109 cm³/mol. The molecular weight excluding hydrogens is 350 g/mol. The number of nitrogens with zero attached hydrogens (tertiary/aromatic N) is 2. The number of hydrogen-bond acceptors (Lipinski definition) is 3. The van der Waals surface area contributed by atoms with Gasteiger partial charge in [-0.3, -0.25) is 4.79 Å². The summed E-state index contributed by atoms with van der Waals surface area (Å²) in [5.74, 6) is 2.01. The Morgan fingerprint density at radius 2 is 2.04 bits per heavy atom. The second kappa shape index (κ2) is 8.30. The van der Waals surface area contributed by atoms with E-state index in [-0.39, 0.29) is 5.91 Å². The first-order chi connectivity index (χ1) is 13.7. The van der Waals surface area contributed by atoms with Gasteiger partial charge in [0, 0.05) is 37.0 Å². The number of amides is 1. The average Bonchev–Trinajstić information content (AvgIpc) is 3.28. The van der Waals surface area contributed by atoms with Gasteiger partial charge >= 0.3 is 0 Å². The number of carbonyl (C=O) groups is 1. The summed E-state index contributed by atoms with van der Waals surface area (Å²) >= 11 is 0. The highest BCUT2D eigenvalue weighted by Gasteiger charge is 2.26. The van der Waals surface area contributed by atoms with Crippen LogP contribution in [0.4, 0.5) is 0 Å². The first-order valence-corrected chi connectivity index (χ1v) is 9.78. The van der Waals surface area contributed by atoms with Crippen molar-refractivity contribution in [2.75, 3.05) is 19.7 Å². The van der Waals surface area contributed by atoms with E-state index in [0.29, 0.717) is 18.1 Å². The quantitative estimate of drug-likeness (QED) is 0.723. The van der Waals surface area contributed by atoms with Gasteiger partial charge in [-0.25, -0.2) is 4.98 Å². The Bertz CT molecular complexity index is 919. The van der Waals surface area contributed by atoms with E-state index >= 15 is 0 Å². The molecule has 2 aromatic carbocycles. The fourth-order valence-corrected chi connectivity index (χ4v) is 3.69. The van der Waals surface area contributed by atoms with Crippen molar-refractivity contribution in [3.8, 4) is 17.1 Å². The number of aromatic amines is 1. The number of carbonyl (C=O) groups excluding carboxylic acids is 1. The molecule has 1 N–H and O–H groups in total. The van der Waals surface area contributed by atoms with Gasteiger partial charge in [-0.2, -0.15) is 0 Å². The predicted octanol–water partition coefficient (Wildman–Crippen LogP) is 4.32. The number of H-pyrrole nitrogens is 1. The lowest BCUT2D eigenvalue weighted by molar-refractivity contribution is 0.0634. The summed E-state index contributed by atoms with van der Waals surface area (Å²) in [6.07, 6.45) is 5.55. The van der Waals surface area contributed by atoms with Crippen LogP contribution in [-0.4, -0.2) is 40.5 Å². The van der Waals surface area contributed by atoms with E-state index in [0.717, 1.165) is 43.1 Å². The van der Waals surface area contributed by atoms with Crippen LogP contribution in [0.1, 0.15) is 28.8 Å². The Morgan fingerprint density at radius 3 is 2.82 bits per heavy atom. The van der Waals surface area contributed by atoms with Gasteiger partial charge in [0.25, 0.3) is 5.91 Å². The van der Waals surface area contributed by atoms with Gasteiger partial charge in [-0.05, 0) is 38.0 Å². The molecule has 2 heterocycles. The van der Waals surface area contributed by atoms with Gasteiger partial charge in [0.1, 0.15) is 11.6 Å². The minimum Gasteiger partial charge on any atom is -0.493 e. The summed E-state index contributed by atoms with van der Waals surface area (Å²) in [6.45, 7) is 4.20. The molecule has 144 valence electrons. The van der Waals surface area contributed by atoms with Crippen LogP contribution in [0, 0.1) is 12.8 Å². The van der Waals surface area contributed by atoms with Crippen molar-refractivity contribution in [3.05, 3.63) is 72.1 Å². The average molecular weight is 375 g/mol. The number of hydrogen-bond donors (Lipinski definition) is 1. The molecule has 0 radical (unpaired) electrons. The van der Waals surface area contributed by atoms with Gasteiger partial charge in [-0.15, -0.1) is 0 Å². The zero-order valence-electron chi connectivity index (χ0n) is 16.1. The van der Waals surface area contributed by atoms with Gasteiger partial charge in [0.2, 0.25) is 0 Å². The van der Waals surface area contributed by atoms with Crippen molar-refractivity contribution >= 4 is 5.91 Å². The third-order valence-electron chi connectivity index (χ3n) is 5.22. The SMILES string of the molecule is Cc1ccc(OC[C@@H]2CCCN(C(=O)c3ccccc3-c3ncc[nH]3)C2)cc1. The van der Waals surface area contributed by atoms with E-state index in [9.17, 15) is 4.79 Å². The zero-order chi connectivity index (χ0) is 19.3. The Labute approximate surface area is 165 Å². The second-order valence-corrected chi connectivity index (χ2v) is 7.37. The largest absolute Gasteiger partial charge is 0.493 e. The minimum atomic E-state index is 0.0621. The maximum atomic E-state index is 13.2. The number of piperidine rings is 1. The highest BCUT2D eigenvalue weighted by atomic mass is 16.5. The molecule has 0 aliphatic carbocycles. The lowest BCUT2D eigenvalue weighted by Crippen LogP contribution is -2.41. The van der Waals surface area contributed by atoms with E-state index in [1.807, 2.05) is 41.3 Å². The van der Waals surface area contributed by atoms with Crippen LogP contribution in [0.25, 0.3) is 11.4 Å². The highest BCUT2D eigenvalue weighted by molar-refractivity contribution is 6.00. The number of aromatic nitrogens is 2. The lowest BCUT2D eigenvalue weighted by Gasteiger charge is -2.33. The number of rotatable bonds is 5. The number of ether oxygens (including phenoxy) is 1. The summed E-state index contributed by atoms with van der Waals surface area (Å²) < 4.78 is 5.96. The summed E-state index contributed by atoms with van der Waals surface area (Å²) in [4.78, 5) is 22.6. The van der Waals surface area contributed by atoms with Crippen molar-refractivity contribution in [2.24, 2.45) is 5.92 Å². The number of aryl methyl sites for hydroxylation is 1. The zero-order valence-corrected chi connectivity index (χ0v) is 16.1. The third kappa shape index (κ3) is 4.09. The molecule has 1 saturated heterocycles. The fourth-order valence-electron chi connectivity index (χ4n) is 3.69. The standard InChI is InChI=1S/C23H25N3O2/c1-17-8-10-19(11-9-17)28-16-18-5-4-14-26(15-18)23(27)21-7-3-2-6-20(21)22-24-12-13-25-22/h2-3,6-13,18H,4-5,14-16H2,1H3,(H,24,25)/t18-/m1/s1. The van der Waals surface area contributed by atoms with E-state index in [1.165, 1.54) is 5.56 Å². The molecule has 1 fully saturated rings. The summed E-state index contributed by atoms with van der Waals surface area (Å²) in [5, 5.41) is 0. The Kier molecular flexibility index (Phi) is 5.42. The smallest absolute Gasteiger partial charge is 0.254 e. The molecule has 28 heavy (non-hydrogen) atoms. The van der Waals surface area contributed by atoms with Crippen LogP contribution >= 0.6 is 0 Å². The fraction of sp³-hybridized carbons (Fsp3) is 0.304. The lowest BCUT2D eigenvalue weighted by atomic mass is 9.97. The van der Waals surface area contributed by atoms with Crippen molar-refractivity contribution in [2.45, 2.75) is 19.8 Å². The number of likely N-dealkylation sites (tertiary alicyclic amines) is 1. The first-order valence-electron chi connectivity index (χ1n) is 9.78. The van der Waals surface area contributed by atoms with Crippen LogP contribution in [0.5, 0.6) is 5.75 Å². The van der Waals surface area contributed by atoms with Crippen LogP contribution in [0.15, 0.2) is 60.9 Å². The summed E-state index contributed by atoms with van der Waals surface area (Å²) in [6, 6.07) is 15.8. The molecule has 1 aliphatic rings. The van der Waals surface area contributed by atoms with Crippen molar-refractivity contribution in [1.29, 1.82) is 0 Å². The van der Waals surface area contributed by atoms with Crippen molar-refractivity contribution in [1.82, 2.24) is 14.9 Å². The molecule has 0 unspecified atom stereocenters. The molecule has 1 aliphatic heterocycles. The van der Waals surface area contributed by atoms with Gasteiger partial charge in [0.05, 0.1) is 12.2 Å². The van der Waals surface area contributed by atoms with Gasteiger partial charge < -0.3 is 14.6 Å². The third-order valence-corrected chi connectivity index (χ3v) is 5.22. The molecule has 4 rings (SSSR count). The van der Waals surface area contributed by atoms with Crippen LogP contribution in [0.3, 0.4) is 0 Å². The van der Waals surface area contributed by atoms with E-state index < -0.39 is 0 Å². The van der Waals surface area contributed by atoms with Crippen molar-refractivity contribution < 1.29 is 9.53 Å². The first kappa shape index (κ1) is 18.3. The number of benzene rings is 2. The molecule has 0 spiro atoms. The minimum absolute atomic E-state index is 0.0621. The van der Waals surface area contributed by atoms with Gasteiger partial charge in [-0.1, -0.05) is 35.9 Å². The Hall–Kier alpha value is -3.08. The molecule has 0 saturated carbocycles. The molecule has 3 aromatic rings.